The van der Waals surface area contributed by atoms with E-state index >= 15 is 0 Å². The number of carboxylic acid groups (broad SMARTS) is 1. The van der Waals surface area contributed by atoms with E-state index in [0.717, 1.165) is 17.3 Å². The summed E-state index contributed by atoms with van der Waals surface area (Å²) in [4.78, 5) is 10.5. The van der Waals surface area contributed by atoms with E-state index in [2.05, 4.69) is 15.5 Å². The minimum atomic E-state index is -0.987. The van der Waals surface area contributed by atoms with Gasteiger partial charge in [-0.25, -0.2) is 4.39 Å². The van der Waals surface area contributed by atoms with Crippen LogP contribution in [0, 0.1) is 12.7 Å². The number of hydrogen-bond acceptors (Lipinski definition) is 5. The van der Waals surface area contributed by atoms with Crippen molar-refractivity contribution in [3.63, 3.8) is 0 Å². The summed E-state index contributed by atoms with van der Waals surface area (Å²) in [5.74, 6) is -1.63. The molecule has 0 amide bonds. The lowest BCUT2D eigenvalue weighted by molar-refractivity contribution is -0.133. The van der Waals surface area contributed by atoms with Crippen molar-refractivity contribution in [2.75, 3.05) is 5.75 Å². The lowest BCUT2D eigenvalue weighted by atomic mass is 10.2. The van der Waals surface area contributed by atoms with Gasteiger partial charge in [0.05, 0.1) is 5.75 Å². The minimum absolute atomic E-state index is 0.187. The topological polar surface area (TPSA) is 80.9 Å². The fraction of sp³-hybridized carbons (Fsp3) is 0.200. The van der Waals surface area contributed by atoms with Crippen LogP contribution < -0.4 is 0 Å². The highest BCUT2D eigenvalue weighted by Crippen LogP contribution is 2.20. The molecule has 0 saturated heterocycles. The van der Waals surface area contributed by atoms with Gasteiger partial charge in [0, 0.05) is 0 Å². The van der Waals surface area contributed by atoms with Crippen LogP contribution in [-0.4, -0.2) is 37.0 Å². The van der Waals surface area contributed by atoms with Crippen molar-refractivity contribution in [1.29, 1.82) is 0 Å². The van der Waals surface area contributed by atoms with Crippen molar-refractivity contribution in [2.24, 2.45) is 0 Å². The molecule has 0 aliphatic heterocycles. The maximum absolute atomic E-state index is 13.8. The van der Waals surface area contributed by atoms with Crippen LogP contribution in [0.4, 0.5) is 4.39 Å². The first-order chi connectivity index (χ1) is 8.58. The van der Waals surface area contributed by atoms with Crippen molar-refractivity contribution >= 4 is 17.7 Å². The Morgan fingerprint density at radius 2 is 2.33 bits per heavy atom. The largest absolute Gasteiger partial charge is 0.481 e. The molecule has 1 aromatic carbocycles. The summed E-state index contributed by atoms with van der Waals surface area (Å²) in [6, 6.07) is 4.64. The van der Waals surface area contributed by atoms with Crippen molar-refractivity contribution < 1.29 is 14.3 Å². The highest BCUT2D eigenvalue weighted by molar-refractivity contribution is 7.99. The Bertz CT molecular complexity index is 587. The average Bonchev–Trinajstić information content (AvgIpc) is 2.74. The Hall–Kier alpha value is -1.96. The molecule has 1 aromatic heterocycles. The van der Waals surface area contributed by atoms with Crippen LogP contribution in [0.25, 0.3) is 5.69 Å². The smallest absolute Gasteiger partial charge is 0.313 e. The second-order valence-electron chi connectivity index (χ2n) is 3.51. The van der Waals surface area contributed by atoms with E-state index in [0.29, 0.717) is 0 Å². The van der Waals surface area contributed by atoms with Crippen LogP contribution in [0.5, 0.6) is 0 Å². The lowest BCUT2D eigenvalue weighted by Crippen LogP contribution is -2.04. The monoisotopic (exact) mass is 268 g/mol. The maximum Gasteiger partial charge on any atom is 0.313 e. The Morgan fingerprint density at radius 3 is 3.00 bits per heavy atom. The van der Waals surface area contributed by atoms with E-state index in [1.807, 2.05) is 0 Å². The van der Waals surface area contributed by atoms with Gasteiger partial charge < -0.3 is 5.11 Å². The third-order valence-electron chi connectivity index (χ3n) is 2.10. The number of aryl methyl sites for hydroxylation is 1. The molecule has 0 unspecified atom stereocenters. The number of benzene rings is 1. The summed E-state index contributed by atoms with van der Waals surface area (Å²) in [7, 11) is 0. The molecule has 0 aliphatic carbocycles. The Morgan fingerprint density at radius 1 is 1.56 bits per heavy atom. The molecular weight excluding hydrogens is 259 g/mol. The molecule has 0 spiro atoms. The number of nitrogens with zero attached hydrogens (tertiary/aromatic N) is 4. The molecule has 94 valence electrons. The standard InChI is InChI=1S/C10H9FN4O2S/c1-6-2-3-8(7(11)4-6)15-10(12-13-14-15)18-5-9(16)17/h2-4H,5H2,1H3,(H,16,17). The molecule has 18 heavy (non-hydrogen) atoms. The SMILES string of the molecule is Cc1ccc(-n2nnnc2SCC(=O)O)c(F)c1. The fourth-order valence-electron chi connectivity index (χ4n) is 1.33. The van der Waals surface area contributed by atoms with Gasteiger partial charge >= 0.3 is 5.97 Å². The number of halogens is 1. The number of thioether (sulfide) groups is 1. The molecule has 2 aromatic rings. The van der Waals surface area contributed by atoms with E-state index in [9.17, 15) is 9.18 Å². The molecule has 0 atom stereocenters. The summed E-state index contributed by atoms with van der Waals surface area (Å²) in [5, 5.41) is 19.6. The predicted molar refractivity (Wildman–Crippen MR) is 62.2 cm³/mol. The van der Waals surface area contributed by atoms with Gasteiger partial charge in [-0.2, -0.15) is 4.68 Å². The van der Waals surface area contributed by atoms with Gasteiger partial charge in [-0.15, -0.1) is 5.10 Å². The fourth-order valence-corrected chi connectivity index (χ4v) is 1.93. The number of carboxylic acids is 1. The summed E-state index contributed by atoms with van der Waals surface area (Å²) in [6.45, 7) is 1.77. The van der Waals surface area contributed by atoms with Crippen molar-refractivity contribution in [1.82, 2.24) is 20.2 Å². The molecule has 0 fully saturated rings. The van der Waals surface area contributed by atoms with Crippen LogP contribution >= 0.6 is 11.8 Å². The second-order valence-corrected chi connectivity index (χ2v) is 4.45. The van der Waals surface area contributed by atoms with E-state index < -0.39 is 11.8 Å². The van der Waals surface area contributed by atoms with E-state index in [-0.39, 0.29) is 16.6 Å². The molecular formula is C10H9FN4O2S. The van der Waals surface area contributed by atoms with Crippen LogP contribution in [-0.2, 0) is 4.79 Å². The number of aliphatic carboxylic acids is 1. The van der Waals surface area contributed by atoms with E-state index in [1.54, 1.807) is 19.1 Å². The van der Waals surface area contributed by atoms with Gasteiger partial charge in [0.15, 0.2) is 0 Å². The first-order valence-corrected chi connectivity index (χ1v) is 5.96. The van der Waals surface area contributed by atoms with Gasteiger partial charge in [-0.1, -0.05) is 17.8 Å². The van der Waals surface area contributed by atoms with Gasteiger partial charge in [-0.05, 0) is 35.0 Å². The molecule has 1 heterocycles. The van der Waals surface area contributed by atoms with Crippen LogP contribution in [0.1, 0.15) is 5.56 Å². The number of tetrazole rings is 1. The van der Waals surface area contributed by atoms with Crippen LogP contribution in [0.15, 0.2) is 23.4 Å². The number of rotatable bonds is 4. The van der Waals surface area contributed by atoms with E-state index in [1.165, 1.54) is 10.7 Å². The number of hydrogen-bond donors (Lipinski definition) is 1. The molecule has 8 heteroatoms. The molecule has 0 bridgehead atoms. The minimum Gasteiger partial charge on any atom is -0.481 e. The van der Waals surface area contributed by atoms with Crippen molar-refractivity contribution in [3.05, 3.63) is 29.6 Å². The summed E-state index contributed by atoms with van der Waals surface area (Å²) in [6.07, 6.45) is 0. The summed E-state index contributed by atoms with van der Waals surface area (Å²) in [5.41, 5.74) is 0.975. The molecule has 6 nitrogen and oxygen atoms in total. The molecule has 0 aliphatic rings. The normalized spacial score (nSPS) is 10.6. The van der Waals surface area contributed by atoms with Gasteiger partial charge in [0.25, 0.3) is 0 Å². The highest BCUT2D eigenvalue weighted by atomic mass is 32.2. The van der Waals surface area contributed by atoms with Crippen molar-refractivity contribution in [2.45, 2.75) is 12.1 Å². The first kappa shape index (κ1) is 12.5. The van der Waals surface area contributed by atoms with Gasteiger partial charge in [0.1, 0.15) is 11.5 Å². The third kappa shape index (κ3) is 2.65. The van der Waals surface area contributed by atoms with Gasteiger partial charge in [0.2, 0.25) is 5.16 Å². The molecule has 2 rings (SSSR count). The zero-order valence-corrected chi connectivity index (χ0v) is 10.2. The highest BCUT2D eigenvalue weighted by Gasteiger charge is 2.14. The second kappa shape index (κ2) is 5.13. The zero-order valence-electron chi connectivity index (χ0n) is 9.37. The lowest BCUT2D eigenvalue weighted by Gasteiger charge is -2.05. The van der Waals surface area contributed by atoms with E-state index in [4.69, 9.17) is 5.11 Å². The average molecular weight is 268 g/mol. The molecule has 0 radical (unpaired) electrons. The zero-order chi connectivity index (χ0) is 13.1. The van der Waals surface area contributed by atoms with Crippen molar-refractivity contribution in [3.8, 4) is 5.69 Å². The summed E-state index contributed by atoms with van der Waals surface area (Å²) < 4.78 is 14.9. The summed E-state index contributed by atoms with van der Waals surface area (Å²) >= 11 is 0.930. The van der Waals surface area contributed by atoms with Crippen LogP contribution in [0.3, 0.4) is 0 Å². The maximum atomic E-state index is 13.8. The quantitative estimate of drug-likeness (QED) is 0.841. The Kier molecular flexibility index (Phi) is 3.56. The molecule has 1 N–H and O–H groups in total. The first-order valence-electron chi connectivity index (χ1n) is 4.97. The Balaban J connectivity index is 2.33. The van der Waals surface area contributed by atoms with Crippen LogP contribution in [0.2, 0.25) is 0 Å². The predicted octanol–water partition coefficient (Wildman–Crippen LogP) is 1.29. The third-order valence-corrected chi connectivity index (χ3v) is 3.00. The molecule has 0 saturated carbocycles. The number of carbonyl (C=O) groups is 1. The Labute approximate surface area is 106 Å². The van der Waals surface area contributed by atoms with Gasteiger partial charge in [-0.3, -0.25) is 4.79 Å². The number of aromatic nitrogens is 4.